The van der Waals surface area contributed by atoms with Gasteiger partial charge in [-0.25, -0.2) is 0 Å². The molecule has 5 rings (SSSR count). The zero-order valence-corrected chi connectivity index (χ0v) is 25.6. The van der Waals surface area contributed by atoms with E-state index in [1.165, 1.54) is 41.5 Å². The zero-order valence-electron chi connectivity index (χ0n) is 23.9. The van der Waals surface area contributed by atoms with Gasteiger partial charge in [-0.2, -0.15) is 0 Å². The topological polar surface area (TPSA) is 66.6 Å². The fourth-order valence-corrected chi connectivity index (χ4v) is 6.85. The summed E-state index contributed by atoms with van der Waals surface area (Å²) in [5.41, 5.74) is 7.33. The summed E-state index contributed by atoms with van der Waals surface area (Å²) in [6.07, 6.45) is 11.1. The van der Waals surface area contributed by atoms with E-state index in [9.17, 15) is 0 Å². The van der Waals surface area contributed by atoms with Gasteiger partial charge in [0.15, 0.2) is 10.2 Å². The van der Waals surface area contributed by atoms with Crippen molar-refractivity contribution in [3.05, 3.63) is 58.7 Å². The Morgan fingerprint density at radius 3 is 1.60 bits per heavy atom. The summed E-state index contributed by atoms with van der Waals surface area (Å²) in [7, 11) is 0. The lowest BCUT2D eigenvalue weighted by atomic mass is 9.65. The van der Waals surface area contributed by atoms with Crippen molar-refractivity contribution in [3.63, 3.8) is 0 Å². The highest BCUT2D eigenvalue weighted by molar-refractivity contribution is 7.80. The van der Waals surface area contributed by atoms with Gasteiger partial charge in [0.2, 0.25) is 0 Å². The number of nitrogens with one attached hydrogen (secondary N) is 4. The number of hydrogen-bond acceptors (Lipinski definition) is 4. The van der Waals surface area contributed by atoms with Gasteiger partial charge in [-0.1, -0.05) is 43.5 Å². The van der Waals surface area contributed by atoms with Crippen molar-refractivity contribution in [3.8, 4) is 0 Å². The maximum Gasteiger partial charge on any atom is 0.170 e. The van der Waals surface area contributed by atoms with Crippen LogP contribution < -0.4 is 21.3 Å². The molecule has 2 aromatic rings. The first-order valence-corrected chi connectivity index (χ1v) is 15.8. The molecule has 0 bridgehead atoms. The van der Waals surface area contributed by atoms with Gasteiger partial charge in [0.05, 0.1) is 12.2 Å². The maximum absolute atomic E-state index is 5.71. The van der Waals surface area contributed by atoms with Crippen LogP contribution in [-0.2, 0) is 14.9 Å². The third kappa shape index (κ3) is 7.14. The van der Waals surface area contributed by atoms with Crippen molar-refractivity contribution in [1.82, 2.24) is 10.6 Å². The molecule has 40 heavy (non-hydrogen) atoms. The number of hydrogen-bond donors (Lipinski definition) is 4. The van der Waals surface area contributed by atoms with Gasteiger partial charge in [0.25, 0.3) is 0 Å². The first-order chi connectivity index (χ1) is 19.4. The van der Waals surface area contributed by atoms with Crippen molar-refractivity contribution in [2.24, 2.45) is 0 Å². The first kappa shape index (κ1) is 29.2. The van der Waals surface area contributed by atoms with E-state index >= 15 is 0 Å². The SMILES string of the molecule is Cc1cc(C2(c3ccc(NC(=S)NC[C@H]4CCCO4)c(C)c3)CCCCC2)ccc1NC(=S)NC[C@H]1CCCO1. The number of benzene rings is 2. The van der Waals surface area contributed by atoms with E-state index in [4.69, 9.17) is 33.9 Å². The molecule has 2 heterocycles. The summed E-state index contributed by atoms with van der Waals surface area (Å²) >= 11 is 11.2. The molecule has 6 nitrogen and oxygen atoms in total. The Hall–Kier alpha value is -2.26. The van der Waals surface area contributed by atoms with Gasteiger partial charge in [-0.3, -0.25) is 0 Å². The number of rotatable bonds is 8. The molecular weight excluding hydrogens is 537 g/mol. The fourth-order valence-electron chi connectivity index (χ4n) is 6.46. The average Bonchev–Trinajstić information content (AvgIpc) is 3.68. The van der Waals surface area contributed by atoms with Gasteiger partial charge in [-0.15, -0.1) is 0 Å². The second-order valence-electron chi connectivity index (χ2n) is 11.6. The molecule has 0 aromatic heterocycles. The van der Waals surface area contributed by atoms with Crippen LogP contribution in [0.15, 0.2) is 36.4 Å². The van der Waals surface area contributed by atoms with Crippen molar-refractivity contribution >= 4 is 46.0 Å². The summed E-state index contributed by atoms with van der Waals surface area (Å²) in [5, 5.41) is 14.8. The number of anilines is 2. The normalized spacial score (nSPS) is 22.1. The summed E-state index contributed by atoms with van der Waals surface area (Å²) in [5.74, 6) is 0. The monoisotopic (exact) mass is 580 g/mol. The summed E-state index contributed by atoms with van der Waals surface area (Å²) in [4.78, 5) is 0. The molecule has 0 amide bonds. The molecule has 0 unspecified atom stereocenters. The lowest BCUT2D eigenvalue weighted by molar-refractivity contribution is 0.114. The van der Waals surface area contributed by atoms with Crippen molar-refractivity contribution in [2.75, 3.05) is 36.9 Å². The van der Waals surface area contributed by atoms with Crippen LogP contribution in [0.2, 0.25) is 0 Å². The van der Waals surface area contributed by atoms with Crippen LogP contribution in [0, 0.1) is 13.8 Å². The number of aryl methyl sites for hydroxylation is 2. The van der Waals surface area contributed by atoms with E-state index in [1.807, 2.05) is 0 Å². The van der Waals surface area contributed by atoms with E-state index in [1.54, 1.807) is 0 Å². The molecule has 2 saturated heterocycles. The standard InChI is InChI=1S/C32H44N4O2S2/c1-22-18-24(10-12-28(22)35-30(39)33-20-26-8-6-16-37-26)32(14-4-3-5-15-32)25-11-13-29(23(2)19-25)36-31(40)34-21-27-9-7-17-38-27/h10-13,18-19,26-27H,3-9,14-17,20-21H2,1-2H3,(H2,33,35,39)(H2,34,36,40)/t26-,27-/m1/s1. The Morgan fingerprint density at radius 1 is 0.725 bits per heavy atom. The molecule has 216 valence electrons. The maximum atomic E-state index is 5.71. The van der Waals surface area contributed by atoms with E-state index in [0.717, 1.165) is 76.2 Å². The summed E-state index contributed by atoms with van der Waals surface area (Å²) in [6, 6.07) is 13.7. The van der Waals surface area contributed by atoms with Crippen LogP contribution in [0.25, 0.3) is 0 Å². The summed E-state index contributed by atoms with van der Waals surface area (Å²) < 4.78 is 11.4. The lowest BCUT2D eigenvalue weighted by Crippen LogP contribution is -2.35. The molecule has 2 aromatic carbocycles. The third-order valence-electron chi connectivity index (χ3n) is 8.79. The van der Waals surface area contributed by atoms with E-state index in [-0.39, 0.29) is 17.6 Å². The van der Waals surface area contributed by atoms with Crippen molar-refractivity contribution < 1.29 is 9.47 Å². The van der Waals surface area contributed by atoms with Crippen molar-refractivity contribution in [2.45, 2.75) is 89.3 Å². The summed E-state index contributed by atoms with van der Waals surface area (Å²) in [6.45, 7) is 7.57. The van der Waals surface area contributed by atoms with Gasteiger partial charge in [0, 0.05) is 43.1 Å². The van der Waals surface area contributed by atoms with E-state index in [0.29, 0.717) is 10.2 Å². The molecule has 4 N–H and O–H groups in total. The molecule has 0 spiro atoms. The highest BCUT2D eigenvalue weighted by atomic mass is 32.1. The molecule has 3 aliphatic rings. The quantitative estimate of drug-likeness (QED) is 0.265. The Bertz CT molecular complexity index is 1100. The first-order valence-electron chi connectivity index (χ1n) is 15.0. The highest BCUT2D eigenvalue weighted by Crippen LogP contribution is 2.46. The predicted octanol–water partition coefficient (Wildman–Crippen LogP) is 6.48. The number of ether oxygens (including phenoxy) is 2. The van der Waals surface area contributed by atoms with Crippen LogP contribution >= 0.6 is 24.4 Å². The van der Waals surface area contributed by atoms with Gasteiger partial charge >= 0.3 is 0 Å². The number of thiocarbonyl (C=S) groups is 2. The van der Waals surface area contributed by atoms with Gasteiger partial charge in [-0.05, 0) is 111 Å². The Kier molecular flexibility index (Phi) is 9.94. The Morgan fingerprint density at radius 2 is 1.20 bits per heavy atom. The minimum Gasteiger partial charge on any atom is -0.376 e. The van der Waals surface area contributed by atoms with Crippen LogP contribution in [0.3, 0.4) is 0 Å². The van der Waals surface area contributed by atoms with Crippen LogP contribution in [0.1, 0.15) is 80.0 Å². The Labute approximate surface area is 250 Å². The minimum absolute atomic E-state index is 0.0158. The lowest BCUT2D eigenvalue weighted by Gasteiger charge is -2.39. The molecule has 1 saturated carbocycles. The molecule has 2 atom stereocenters. The minimum atomic E-state index is 0.0158. The van der Waals surface area contributed by atoms with E-state index < -0.39 is 0 Å². The molecule has 8 heteroatoms. The molecule has 0 radical (unpaired) electrons. The Balaban J connectivity index is 1.28. The average molecular weight is 581 g/mol. The van der Waals surface area contributed by atoms with Gasteiger partial charge < -0.3 is 30.7 Å². The van der Waals surface area contributed by atoms with Crippen LogP contribution in [0.5, 0.6) is 0 Å². The zero-order chi connectivity index (χ0) is 28.0. The van der Waals surface area contributed by atoms with E-state index in [2.05, 4.69) is 71.5 Å². The smallest absolute Gasteiger partial charge is 0.170 e. The molecule has 2 aliphatic heterocycles. The molecule has 3 fully saturated rings. The van der Waals surface area contributed by atoms with Crippen LogP contribution in [-0.4, -0.2) is 48.7 Å². The third-order valence-corrected chi connectivity index (χ3v) is 9.28. The second kappa shape index (κ2) is 13.6. The van der Waals surface area contributed by atoms with Crippen molar-refractivity contribution in [1.29, 1.82) is 0 Å². The largest absolute Gasteiger partial charge is 0.376 e. The highest BCUT2D eigenvalue weighted by Gasteiger charge is 2.36. The van der Waals surface area contributed by atoms with Gasteiger partial charge in [0.1, 0.15) is 0 Å². The second-order valence-corrected chi connectivity index (χ2v) is 12.5. The molecule has 1 aliphatic carbocycles. The van der Waals surface area contributed by atoms with Crippen LogP contribution in [0.4, 0.5) is 11.4 Å². The molecular formula is C32H44N4O2S2. The predicted molar refractivity (Wildman–Crippen MR) is 173 cm³/mol. The fraction of sp³-hybridized carbons (Fsp3) is 0.562.